The molecule has 0 unspecified atom stereocenters. The number of hydrogen-bond acceptors (Lipinski definition) is 4. The van der Waals surface area contributed by atoms with Crippen LogP contribution in [-0.4, -0.2) is 35.0 Å². The van der Waals surface area contributed by atoms with E-state index in [9.17, 15) is 4.79 Å². The van der Waals surface area contributed by atoms with Crippen LogP contribution < -0.4 is 10.1 Å². The van der Waals surface area contributed by atoms with E-state index in [0.717, 1.165) is 19.4 Å². The topological polar surface area (TPSA) is 65.4 Å². The second-order valence-corrected chi connectivity index (χ2v) is 6.17. The van der Waals surface area contributed by atoms with E-state index in [1.807, 2.05) is 0 Å². The zero-order valence-corrected chi connectivity index (χ0v) is 14.0. The van der Waals surface area contributed by atoms with Gasteiger partial charge in [0.2, 0.25) is 0 Å². The number of carbonyl (C=O) groups is 1. The summed E-state index contributed by atoms with van der Waals surface area (Å²) in [7, 11) is 0. The van der Waals surface area contributed by atoms with E-state index in [1.165, 1.54) is 6.42 Å². The van der Waals surface area contributed by atoms with Crippen LogP contribution in [0.25, 0.3) is 0 Å². The first-order chi connectivity index (χ1) is 11.7. The molecule has 2 heterocycles. The van der Waals surface area contributed by atoms with Crippen molar-refractivity contribution in [1.29, 1.82) is 0 Å². The van der Waals surface area contributed by atoms with Gasteiger partial charge >= 0.3 is 0 Å². The van der Waals surface area contributed by atoms with Crippen LogP contribution in [0.5, 0.6) is 5.75 Å². The molecule has 1 aromatic heterocycles. The van der Waals surface area contributed by atoms with Gasteiger partial charge in [-0.15, -0.1) is 0 Å². The number of nitrogens with zero attached hydrogens (tertiary/aromatic N) is 2. The van der Waals surface area contributed by atoms with E-state index in [2.05, 4.69) is 10.4 Å². The number of anilines is 1. The van der Waals surface area contributed by atoms with Crippen molar-refractivity contribution in [3.05, 3.63) is 41.7 Å². The summed E-state index contributed by atoms with van der Waals surface area (Å²) in [5.41, 5.74) is 0.649. The van der Waals surface area contributed by atoms with Crippen LogP contribution >= 0.6 is 11.6 Å². The van der Waals surface area contributed by atoms with Crippen molar-refractivity contribution in [2.45, 2.75) is 31.9 Å². The molecule has 1 aliphatic rings. The van der Waals surface area contributed by atoms with Crippen molar-refractivity contribution in [2.75, 3.05) is 18.5 Å². The summed E-state index contributed by atoms with van der Waals surface area (Å²) in [5.74, 6) is 0.359. The lowest BCUT2D eigenvalue weighted by Gasteiger charge is -2.22. The van der Waals surface area contributed by atoms with Gasteiger partial charge in [0.15, 0.2) is 6.61 Å². The van der Waals surface area contributed by atoms with Gasteiger partial charge < -0.3 is 14.8 Å². The molecular weight excluding hydrogens is 330 g/mol. The Hall–Kier alpha value is -2.05. The maximum Gasteiger partial charge on any atom is 0.262 e. The van der Waals surface area contributed by atoms with Crippen LogP contribution in [0.2, 0.25) is 5.02 Å². The lowest BCUT2D eigenvalue weighted by atomic mass is 10.1. The van der Waals surface area contributed by atoms with Crippen molar-refractivity contribution in [2.24, 2.45) is 0 Å². The third-order valence-corrected chi connectivity index (χ3v) is 4.02. The number of hydrogen-bond donors (Lipinski definition) is 1. The molecule has 0 saturated carbocycles. The highest BCUT2D eigenvalue weighted by atomic mass is 35.5. The van der Waals surface area contributed by atoms with Crippen LogP contribution in [-0.2, 0) is 16.1 Å². The molecule has 1 amide bonds. The minimum Gasteiger partial charge on any atom is -0.484 e. The van der Waals surface area contributed by atoms with Crippen molar-refractivity contribution in [3.63, 3.8) is 0 Å². The fraction of sp³-hybridized carbons (Fsp3) is 0.412. The molecule has 0 aliphatic carbocycles. The van der Waals surface area contributed by atoms with Crippen molar-refractivity contribution >= 4 is 23.2 Å². The monoisotopic (exact) mass is 349 g/mol. The Balaban J connectivity index is 1.45. The zero-order valence-electron chi connectivity index (χ0n) is 13.3. The van der Waals surface area contributed by atoms with Gasteiger partial charge in [0.1, 0.15) is 5.75 Å². The normalized spacial score (nSPS) is 17.5. The smallest absolute Gasteiger partial charge is 0.262 e. The molecule has 0 radical (unpaired) electrons. The molecule has 7 heteroatoms. The maximum absolute atomic E-state index is 11.9. The second-order valence-electron chi connectivity index (χ2n) is 5.73. The predicted molar refractivity (Wildman–Crippen MR) is 91.4 cm³/mol. The molecule has 128 valence electrons. The Bertz CT molecular complexity index is 666. The van der Waals surface area contributed by atoms with E-state index in [4.69, 9.17) is 21.1 Å². The van der Waals surface area contributed by atoms with E-state index in [1.54, 1.807) is 41.3 Å². The molecule has 1 N–H and O–H groups in total. The summed E-state index contributed by atoms with van der Waals surface area (Å²) >= 11 is 5.80. The minimum atomic E-state index is -0.238. The van der Waals surface area contributed by atoms with Gasteiger partial charge in [0.25, 0.3) is 5.91 Å². The molecule has 1 atom stereocenters. The molecule has 1 saturated heterocycles. The molecule has 0 bridgehead atoms. The third-order valence-electron chi connectivity index (χ3n) is 3.77. The quantitative estimate of drug-likeness (QED) is 0.870. The molecule has 3 rings (SSSR count). The summed E-state index contributed by atoms with van der Waals surface area (Å²) in [6.07, 6.45) is 7.01. The largest absolute Gasteiger partial charge is 0.484 e. The maximum atomic E-state index is 11.9. The van der Waals surface area contributed by atoms with Gasteiger partial charge in [-0.25, -0.2) is 0 Å². The lowest BCUT2D eigenvalue weighted by molar-refractivity contribution is -0.118. The Labute approximate surface area is 145 Å². The molecular formula is C17H20ClN3O3. The number of ether oxygens (including phenoxy) is 2. The fourth-order valence-electron chi connectivity index (χ4n) is 2.56. The number of nitrogens with one attached hydrogen (secondary N) is 1. The summed E-state index contributed by atoms with van der Waals surface area (Å²) in [5, 5.41) is 7.65. The van der Waals surface area contributed by atoms with E-state index in [-0.39, 0.29) is 18.6 Å². The lowest BCUT2D eigenvalue weighted by Crippen LogP contribution is -2.24. The van der Waals surface area contributed by atoms with E-state index in [0.29, 0.717) is 23.0 Å². The molecule has 1 aromatic carbocycles. The number of rotatable bonds is 6. The Morgan fingerprint density at radius 3 is 2.96 bits per heavy atom. The molecule has 1 aliphatic heterocycles. The highest BCUT2D eigenvalue weighted by Gasteiger charge is 2.15. The SMILES string of the molecule is O=C(COc1ccc(Cl)cc1)Nc1cnn(C[C@@H]2CCCCO2)c1. The average molecular weight is 350 g/mol. The van der Waals surface area contributed by atoms with Crippen LogP contribution in [0.4, 0.5) is 5.69 Å². The second kappa shape index (κ2) is 8.17. The number of aromatic nitrogens is 2. The first-order valence-corrected chi connectivity index (χ1v) is 8.39. The molecule has 2 aromatic rings. The van der Waals surface area contributed by atoms with Crippen LogP contribution in [0.15, 0.2) is 36.7 Å². The van der Waals surface area contributed by atoms with Gasteiger partial charge in [-0.2, -0.15) is 5.10 Å². The number of benzene rings is 1. The van der Waals surface area contributed by atoms with Crippen LogP contribution in [0.3, 0.4) is 0 Å². The summed E-state index contributed by atoms with van der Waals surface area (Å²) < 4.78 is 12.9. The van der Waals surface area contributed by atoms with Crippen molar-refractivity contribution in [3.8, 4) is 5.75 Å². The van der Waals surface area contributed by atoms with Crippen LogP contribution in [0.1, 0.15) is 19.3 Å². The zero-order chi connectivity index (χ0) is 16.8. The molecule has 0 spiro atoms. The fourth-order valence-corrected chi connectivity index (χ4v) is 2.69. The van der Waals surface area contributed by atoms with Gasteiger partial charge in [-0.3, -0.25) is 9.48 Å². The first-order valence-electron chi connectivity index (χ1n) is 8.01. The van der Waals surface area contributed by atoms with E-state index < -0.39 is 0 Å². The van der Waals surface area contributed by atoms with E-state index >= 15 is 0 Å². The van der Waals surface area contributed by atoms with Gasteiger partial charge in [-0.05, 0) is 43.5 Å². The first kappa shape index (κ1) is 16.8. The number of amides is 1. The third kappa shape index (κ3) is 4.97. The Morgan fingerprint density at radius 1 is 1.38 bits per heavy atom. The van der Waals surface area contributed by atoms with Gasteiger partial charge in [-0.1, -0.05) is 11.6 Å². The average Bonchev–Trinajstić information content (AvgIpc) is 3.02. The number of halogens is 1. The van der Waals surface area contributed by atoms with Crippen molar-refractivity contribution < 1.29 is 14.3 Å². The summed E-state index contributed by atoms with van der Waals surface area (Å²) in [6, 6.07) is 6.87. The Kier molecular flexibility index (Phi) is 5.72. The van der Waals surface area contributed by atoms with Gasteiger partial charge in [0, 0.05) is 17.8 Å². The molecule has 6 nitrogen and oxygen atoms in total. The van der Waals surface area contributed by atoms with Crippen LogP contribution in [0, 0.1) is 0 Å². The summed E-state index contributed by atoms with van der Waals surface area (Å²) in [6.45, 7) is 1.45. The number of carbonyl (C=O) groups excluding carboxylic acids is 1. The molecule has 24 heavy (non-hydrogen) atoms. The predicted octanol–water partition coefficient (Wildman–Crippen LogP) is 3.12. The van der Waals surface area contributed by atoms with Crippen molar-refractivity contribution in [1.82, 2.24) is 9.78 Å². The standard InChI is InChI=1S/C17H20ClN3O3/c18-13-4-6-15(7-5-13)24-12-17(22)20-14-9-19-21(10-14)11-16-3-1-2-8-23-16/h4-7,9-10,16H,1-3,8,11-12H2,(H,20,22)/t16-/m0/s1. The molecule has 1 fully saturated rings. The van der Waals surface area contributed by atoms with Gasteiger partial charge in [0.05, 0.1) is 24.5 Å². The highest BCUT2D eigenvalue weighted by molar-refractivity contribution is 6.30. The summed E-state index contributed by atoms with van der Waals surface area (Å²) in [4.78, 5) is 11.9. The highest BCUT2D eigenvalue weighted by Crippen LogP contribution is 2.16. The minimum absolute atomic E-state index is 0.0709. The Morgan fingerprint density at radius 2 is 2.21 bits per heavy atom.